The Bertz CT molecular complexity index is 513. The lowest BCUT2D eigenvalue weighted by Crippen LogP contribution is -2.35. The van der Waals surface area contributed by atoms with E-state index in [0.29, 0.717) is 17.9 Å². The van der Waals surface area contributed by atoms with Gasteiger partial charge in [-0.05, 0) is 30.7 Å². The molecule has 1 aromatic rings. The third-order valence-corrected chi connectivity index (χ3v) is 2.65. The predicted molar refractivity (Wildman–Crippen MR) is 79.3 cm³/mol. The van der Waals surface area contributed by atoms with Gasteiger partial charge in [0.25, 0.3) is 5.91 Å². The Morgan fingerprint density at radius 1 is 1.18 bits per heavy atom. The SMILES string of the molecule is CCCCOc1ccc(C(=O)OCC(=O)NCC(N)=O)cc1. The summed E-state index contributed by atoms with van der Waals surface area (Å²) in [5, 5.41) is 2.22. The number of ether oxygens (including phenoxy) is 2. The van der Waals surface area contributed by atoms with Crippen LogP contribution < -0.4 is 15.8 Å². The summed E-state index contributed by atoms with van der Waals surface area (Å²) in [6.07, 6.45) is 2.01. The summed E-state index contributed by atoms with van der Waals surface area (Å²) in [6, 6.07) is 6.45. The van der Waals surface area contributed by atoms with E-state index < -0.39 is 24.4 Å². The number of carbonyl (C=O) groups excluding carboxylic acids is 3. The summed E-state index contributed by atoms with van der Waals surface area (Å²) in [5.41, 5.74) is 5.18. The van der Waals surface area contributed by atoms with Crippen LogP contribution >= 0.6 is 0 Å². The maximum atomic E-state index is 11.7. The van der Waals surface area contributed by atoms with Gasteiger partial charge in [-0.1, -0.05) is 13.3 Å². The van der Waals surface area contributed by atoms with Crippen LogP contribution in [0.25, 0.3) is 0 Å². The van der Waals surface area contributed by atoms with Crippen molar-refractivity contribution in [2.75, 3.05) is 19.8 Å². The van der Waals surface area contributed by atoms with Crippen LogP contribution in [0.2, 0.25) is 0 Å². The third-order valence-electron chi connectivity index (χ3n) is 2.65. The lowest BCUT2D eigenvalue weighted by Gasteiger charge is -2.07. The fourth-order valence-electron chi connectivity index (χ4n) is 1.47. The lowest BCUT2D eigenvalue weighted by molar-refractivity contribution is -0.127. The molecule has 0 aromatic heterocycles. The summed E-state index contributed by atoms with van der Waals surface area (Å²) in [6.45, 7) is 1.93. The van der Waals surface area contributed by atoms with E-state index in [1.54, 1.807) is 24.3 Å². The van der Waals surface area contributed by atoms with Gasteiger partial charge in [0.1, 0.15) is 5.75 Å². The number of benzene rings is 1. The normalized spacial score (nSPS) is 9.86. The Labute approximate surface area is 128 Å². The fraction of sp³-hybridized carbons (Fsp3) is 0.400. The number of hydrogen-bond donors (Lipinski definition) is 2. The molecule has 22 heavy (non-hydrogen) atoms. The second-order valence-corrected chi connectivity index (χ2v) is 4.55. The summed E-state index contributed by atoms with van der Waals surface area (Å²) in [7, 11) is 0. The largest absolute Gasteiger partial charge is 0.494 e. The van der Waals surface area contributed by atoms with E-state index in [9.17, 15) is 14.4 Å². The summed E-state index contributed by atoms with van der Waals surface area (Å²) in [5.74, 6) is -1.22. The number of rotatable bonds is 9. The van der Waals surface area contributed by atoms with Gasteiger partial charge in [0.15, 0.2) is 6.61 Å². The minimum Gasteiger partial charge on any atom is -0.494 e. The molecule has 0 aliphatic heterocycles. The van der Waals surface area contributed by atoms with Gasteiger partial charge in [-0.25, -0.2) is 4.79 Å². The third kappa shape index (κ3) is 6.74. The zero-order chi connectivity index (χ0) is 16.4. The van der Waals surface area contributed by atoms with Crippen molar-refractivity contribution >= 4 is 17.8 Å². The Morgan fingerprint density at radius 2 is 1.86 bits per heavy atom. The number of amides is 2. The second kappa shape index (κ2) is 9.38. The van der Waals surface area contributed by atoms with Crippen molar-refractivity contribution in [2.45, 2.75) is 19.8 Å². The van der Waals surface area contributed by atoms with Crippen molar-refractivity contribution in [3.05, 3.63) is 29.8 Å². The van der Waals surface area contributed by atoms with Crippen molar-refractivity contribution in [1.82, 2.24) is 5.32 Å². The van der Waals surface area contributed by atoms with Gasteiger partial charge < -0.3 is 20.5 Å². The number of carbonyl (C=O) groups is 3. The van der Waals surface area contributed by atoms with E-state index >= 15 is 0 Å². The zero-order valence-electron chi connectivity index (χ0n) is 12.5. The summed E-state index contributed by atoms with van der Waals surface area (Å²) >= 11 is 0. The highest BCUT2D eigenvalue weighted by atomic mass is 16.5. The molecule has 0 saturated heterocycles. The van der Waals surface area contributed by atoms with Gasteiger partial charge in [0.2, 0.25) is 5.91 Å². The molecule has 7 heteroatoms. The van der Waals surface area contributed by atoms with Crippen LogP contribution in [0.3, 0.4) is 0 Å². The molecule has 0 fully saturated rings. The Kier molecular flexibility index (Phi) is 7.45. The minimum atomic E-state index is -0.668. The van der Waals surface area contributed by atoms with Crippen molar-refractivity contribution in [3.8, 4) is 5.75 Å². The molecule has 7 nitrogen and oxygen atoms in total. The van der Waals surface area contributed by atoms with Crippen molar-refractivity contribution in [2.24, 2.45) is 5.73 Å². The number of hydrogen-bond acceptors (Lipinski definition) is 5. The van der Waals surface area contributed by atoms with Crippen LogP contribution in [-0.2, 0) is 14.3 Å². The molecule has 0 aliphatic rings. The van der Waals surface area contributed by atoms with Crippen LogP contribution in [0.15, 0.2) is 24.3 Å². The topological polar surface area (TPSA) is 108 Å². The summed E-state index contributed by atoms with van der Waals surface area (Å²) < 4.78 is 10.3. The van der Waals surface area contributed by atoms with Crippen LogP contribution in [-0.4, -0.2) is 37.5 Å². The number of primary amides is 1. The first-order valence-electron chi connectivity index (χ1n) is 6.98. The molecule has 3 N–H and O–H groups in total. The summed E-state index contributed by atoms with van der Waals surface area (Å²) in [4.78, 5) is 33.5. The molecule has 0 atom stereocenters. The van der Waals surface area contributed by atoms with E-state index in [4.69, 9.17) is 15.2 Å². The standard InChI is InChI=1S/C15H20N2O5/c1-2-3-8-21-12-6-4-11(5-7-12)15(20)22-10-14(19)17-9-13(16)18/h4-7H,2-3,8-10H2,1H3,(H2,16,18)(H,17,19). The first-order valence-corrected chi connectivity index (χ1v) is 6.98. The maximum absolute atomic E-state index is 11.7. The second-order valence-electron chi connectivity index (χ2n) is 4.55. The first kappa shape index (κ1) is 17.5. The predicted octanol–water partition coefficient (Wildman–Crippen LogP) is 0.624. The van der Waals surface area contributed by atoms with E-state index in [2.05, 4.69) is 12.2 Å². The van der Waals surface area contributed by atoms with Gasteiger partial charge in [-0.3, -0.25) is 9.59 Å². The molecule has 0 spiro atoms. The minimum absolute atomic E-state index is 0.291. The molecular formula is C15H20N2O5. The molecule has 0 aliphatic carbocycles. The molecule has 0 radical (unpaired) electrons. The van der Waals surface area contributed by atoms with Crippen LogP contribution in [0, 0.1) is 0 Å². The monoisotopic (exact) mass is 308 g/mol. The van der Waals surface area contributed by atoms with Gasteiger partial charge in [0.05, 0.1) is 18.7 Å². The lowest BCUT2D eigenvalue weighted by atomic mass is 10.2. The Hall–Kier alpha value is -2.57. The molecule has 0 bridgehead atoms. The van der Waals surface area contributed by atoms with Crippen molar-refractivity contribution in [1.29, 1.82) is 0 Å². The Morgan fingerprint density at radius 3 is 2.45 bits per heavy atom. The van der Waals surface area contributed by atoms with E-state index in [1.165, 1.54) is 0 Å². The highest BCUT2D eigenvalue weighted by molar-refractivity contribution is 5.92. The maximum Gasteiger partial charge on any atom is 0.338 e. The molecule has 1 aromatic carbocycles. The van der Waals surface area contributed by atoms with Gasteiger partial charge in [-0.15, -0.1) is 0 Å². The van der Waals surface area contributed by atoms with Crippen LogP contribution in [0.4, 0.5) is 0 Å². The smallest absolute Gasteiger partial charge is 0.338 e. The van der Waals surface area contributed by atoms with E-state index in [1.807, 2.05) is 0 Å². The first-order chi connectivity index (χ1) is 10.5. The van der Waals surface area contributed by atoms with E-state index in [-0.39, 0.29) is 6.54 Å². The molecule has 120 valence electrons. The number of nitrogens with one attached hydrogen (secondary N) is 1. The molecule has 2 amide bonds. The van der Waals surface area contributed by atoms with Crippen LogP contribution in [0.1, 0.15) is 30.1 Å². The average molecular weight is 308 g/mol. The molecule has 1 rings (SSSR count). The number of esters is 1. The van der Waals surface area contributed by atoms with Gasteiger partial charge in [-0.2, -0.15) is 0 Å². The van der Waals surface area contributed by atoms with Crippen LogP contribution in [0.5, 0.6) is 5.75 Å². The molecule has 0 saturated carbocycles. The highest BCUT2D eigenvalue weighted by Crippen LogP contribution is 2.13. The fourth-order valence-corrected chi connectivity index (χ4v) is 1.47. The van der Waals surface area contributed by atoms with Gasteiger partial charge >= 0.3 is 5.97 Å². The van der Waals surface area contributed by atoms with Crippen molar-refractivity contribution < 1.29 is 23.9 Å². The average Bonchev–Trinajstić information content (AvgIpc) is 2.51. The number of nitrogens with two attached hydrogens (primary N) is 1. The molecule has 0 heterocycles. The molecule has 0 unspecified atom stereocenters. The van der Waals surface area contributed by atoms with Gasteiger partial charge in [0, 0.05) is 0 Å². The number of unbranched alkanes of at least 4 members (excludes halogenated alkanes) is 1. The highest BCUT2D eigenvalue weighted by Gasteiger charge is 2.10. The molecular weight excluding hydrogens is 288 g/mol. The zero-order valence-corrected chi connectivity index (χ0v) is 12.5. The van der Waals surface area contributed by atoms with E-state index in [0.717, 1.165) is 12.8 Å². The van der Waals surface area contributed by atoms with Crippen molar-refractivity contribution in [3.63, 3.8) is 0 Å². The quantitative estimate of drug-likeness (QED) is 0.514. The Balaban J connectivity index is 2.39.